The molecule has 2 aliphatic rings. The number of fused-ring (bicyclic) bond motifs is 2. The van der Waals surface area contributed by atoms with Crippen LogP contribution in [0.1, 0.15) is 25.7 Å². The monoisotopic (exact) mass is 459 g/mol. The Morgan fingerprint density at radius 3 is 1.41 bits per heavy atom. The lowest BCUT2D eigenvalue weighted by Gasteiger charge is -2.29. The molecule has 0 aromatic heterocycles. The molecule has 2 bridgehead atoms. The molecule has 0 saturated heterocycles. The molecule has 0 heterocycles. The SMILES string of the molecule is FC(F)C(F)(F)C1CC2CCC1C2.c1ccc([S+](c2ccccc2)c2ccccc2)cc1. The van der Waals surface area contributed by atoms with Crippen molar-refractivity contribution in [3.63, 3.8) is 0 Å². The zero-order valence-corrected chi connectivity index (χ0v) is 18.5. The van der Waals surface area contributed by atoms with Crippen molar-refractivity contribution in [2.45, 2.75) is 52.7 Å². The van der Waals surface area contributed by atoms with Crippen LogP contribution in [-0.2, 0) is 10.9 Å². The quantitative estimate of drug-likeness (QED) is 0.267. The first-order valence-electron chi connectivity index (χ1n) is 11.0. The summed E-state index contributed by atoms with van der Waals surface area (Å²) in [7, 11) is -0.0146. The maximum Gasteiger partial charge on any atom is 0.310 e. The maximum absolute atomic E-state index is 13.0. The largest absolute Gasteiger partial charge is 0.310 e. The molecule has 2 aliphatic carbocycles. The number of halogens is 4. The van der Waals surface area contributed by atoms with Crippen molar-refractivity contribution < 1.29 is 17.6 Å². The third kappa shape index (κ3) is 5.03. The molecular formula is C27H27F4S+. The van der Waals surface area contributed by atoms with Crippen LogP contribution in [0.15, 0.2) is 106 Å². The summed E-state index contributed by atoms with van der Waals surface area (Å²) < 4.78 is 50.0. The molecule has 3 aromatic rings. The minimum Gasteiger partial charge on any atom is -0.204 e. The first kappa shape index (κ1) is 22.9. The highest BCUT2D eigenvalue weighted by atomic mass is 32.2. The van der Waals surface area contributed by atoms with E-state index in [1.54, 1.807) is 0 Å². The predicted octanol–water partition coefficient (Wildman–Crippen LogP) is 8.11. The van der Waals surface area contributed by atoms with Crippen LogP contribution >= 0.6 is 0 Å². The normalized spacial score (nSPS) is 22.1. The minimum absolute atomic E-state index is 0.0146. The van der Waals surface area contributed by atoms with Gasteiger partial charge in [0, 0.05) is 5.92 Å². The lowest BCUT2D eigenvalue weighted by molar-refractivity contribution is -0.176. The molecule has 3 unspecified atom stereocenters. The van der Waals surface area contributed by atoms with E-state index in [9.17, 15) is 17.6 Å². The molecule has 0 spiro atoms. The highest BCUT2D eigenvalue weighted by molar-refractivity contribution is 7.97. The van der Waals surface area contributed by atoms with Crippen LogP contribution in [0.2, 0.25) is 0 Å². The second-order valence-corrected chi connectivity index (χ2v) is 10.5. The molecular weight excluding hydrogens is 432 g/mol. The van der Waals surface area contributed by atoms with Crippen molar-refractivity contribution in [3.05, 3.63) is 91.0 Å². The van der Waals surface area contributed by atoms with Gasteiger partial charge in [0.25, 0.3) is 0 Å². The summed E-state index contributed by atoms with van der Waals surface area (Å²) in [6, 6.07) is 32.2. The second-order valence-electron chi connectivity index (χ2n) is 8.50. The molecule has 0 radical (unpaired) electrons. The van der Waals surface area contributed by atoms with E-state index in [1.165, 1.54) is 14.7 Å². The maximum atomic E-state index is 13.0. The standard InChI is InChI=1S/C18H15S.C9H12F4/c1-4-10-16(11-5-1)19(17-12-6-2-7-13-17)18-14-8-3-9-15-18;10-8(11)9(12,13)7-4-5-1-2-6(7)3-5/h1-15H;5-8H,1-4H2/q+1;. The van der Waals surface area contributed by atoms with Crippen LogP contribution in [0.3, 0.4) is 0 Å². The zero-order chi connectivity index (χ0) is 22.6. The first-order valence-corrected chi connectivity index (χ1v) is 12.2. The topological polar surface area (TPSA) is 0 Å². The van der Waals surface area contributed by atoms with E-state index in [4.69, 9.17) is 0 Å². The summed E-state index contributed by atoms with van der Waals surface area (Å²) in [5.74, 6) is -4.65. The Morgan fingerprint density at radius 2 is 1.09 bits per heavy atom. The molecule has 3 atom stereocenters. The van der Waals surface area contributed by atoms with Crippen LogP contribution < -0.4 is 0 Å². The van der Waals surface area contributed by atoms with Gasteiger partial charge >= 0.3 is 12.3 Å². The zero-order valence-electron chi connectivity index (χ0n) is 17.7. The summed E-state index contributed by atoms with van der Waals surface area (Å²) in [6.45, 7) is 0. The van der Waals surface area contributed by atoms with Gasteiger partial charge in [0.1, 0.15) is 0 Å². The average molecular weight is 460 g/mol. The number of benzene rings is 3. The molecule has 5 rings (SSSR count). The molecule has 2 fully saturated rings. The van der Waals surface area contributed by atoms with Crippen LogP contribution in [-0.4, -0.2) is 12.3 Å². The Bertz CT molecular complexity index is 869. The summed E-state index contributed by atoms with van der Waals surface area (Å²) in [4.78, 5) is 4.08. The fourth-order valence-electron chi connectivity index (χ4n) is 4.96. The van der Waals surface area contributed by atoms with Crippen LogP contribution in [0, 0.1) is 17.8 Å². The molecule has 0 nitrogen and oxygen atoms in total. The molecule has 0 N–H and O–H groups in total. The fraction of sp³-hybridized carbons (Fsp3) is 0.333. The number of rotatable bonds is 5. The van der Waals surface area contributed by atoms with Gasteiger partial charge in [-0.1, -0.05) is 61.0 Å². The lowest BCUT2D eigenvalue weighted by Crippen LogP contribution is -2.38. The molecule has 32 heavy (non-hydrogen) atoms. The Hall–Kier alpha value is -2.27. The second kappa shape index (κ2) is 10.1. The van der Waals surface area contributed by atoms with Gasteiger partial charge in [-0.2, -0.15) is 8.78 Å². The van der Waals surface area contributed by atoms with Gasteiger partial charge in [-0.15, -0.1) is 0 Å². The van der Waals surface area contributed by atoms with Crippen molar-refractivity contribution in [2.24, 2.45) is 17.8 Å². The van der Waals surface area contributed by atoms with Gasteiger partial charge in [-0.25, -0.2) is 8.78 Å². The smallest absolute Gasteiger partial charge is 0.204 e. The highest BCUT2D eigenvalue weighted by Gasteiger charge is 2.56. The lowest BCUT2D eigenvalue weighted by atomic mass is 9.84. The highest BCUT2D eigenvalue weighted by Crippen LogP contribution is 2.54. The summed E-state index contributed by atoms with van der Waals surface area (Å²) in [5.41, 5.74) is 0. The first-order chi connectivity index (χ1) is 15.5. The van der Waals surface area contributed by atoms with E-state index < -0.39 is 18.3 Å². The molecule has 2 saturated carbocycles. The molecule has 168 valence electrons. The van der Waals surface area contributed by atoms with Gasteiger partial charge in [0.2, 0.25) is 0 Å². The predicted molar refractivity (Wildman–Crippen MR) is 121 cm³/mol. The average Bonchev–Trinajstić information content (AvgIpc) is 3.46. The summed E-state index contributed by atoms with van der Waals surface area (Å²) in [6.07, 6.45) is -0.760. The van der Waals surface area contributed by atoms with E-state index in [0.717, 1.165) is 19.3 Å². The van der Waals surface area contributed by atoms with E-state index in [0.29, 0.717) is 12.3 Å². The van der Waals surface area contributed by atoms with Gasteiger partial charge < -0.3 is 0 Å². The third-order valence-corrected chi connectivity index (χ3v) is 8.69. The van der Waals surface area contributed by atoms with E-state index >= 15 is 0 Å². The van der Waals surface area contributed by atoms with Gasteiger partial charge in [-0.3, -0.25) is 0 Å². The van der Waals surface area contributed by atoms with Crippen molar-refractivity contribution in [3.8, 4) is 0 Å². The van der Waals surface area contributed by atoms with Crippen molar-refractivity contribution in [1.29, 1.82) is 0 Å². The number of alkyl halides is 4. The van der Waals surface area contributed by atoms with E-state index in [2.05, 4.69) is 91.0 Å². The van der Waals surface area contributed by atoms with Gasteiger partial charge in [0.15, 0.2) is 14.7 Å². The molecule has 3 aromatic carbocycles. The fourth-order valence-corrected chi connectivity index (χ4v) is 7.06. The van der Waals surface area contributed by atoms with Crippen LogP contribution in [0.5, 0.6) is 0 Å². The van der Waals surface area contributed by atoms with Crippen LogP contribution in [0.25, 0.3) is 0 Å². The summed E-state index contributed by atoms with van der Waals surface area (Å²) in [5, 5.41) is 0. The molecule has 0 amide bonds. The Labute approximate surface area is 190 Å². The van der Waals surface area contributed by atoms with Crippen molar-refractivity contribution in [2.75, 3.05) is 0 Å². The van der Waals surface area contributed by atoms with Gasteiger partial charge in [-0.05, 0) is 67.5 Å². The van der Waals surface area contributed by atoms with E-state index in [1.807, 2.05) is 0 Å². The molecule has 5 heteroatoms. The Morgan fingerprint density at radius 1 is 0.656 bits per heavy atom. The van der Waals surface area contributed by atoms with Crippen molar-refractivity contribution in [1.82, 2.24) is 0 Å². The third-order valence-electron chi connectivity index (χ3n) is 6.46. The van der Waals surface area contributed by atoms with E-state index in [-0.39, 0.29) is 16.8 Å². The van der Waals surface area contributed by atoms with Crippen LogP contribution in [0.4, 0.5) is 17.6 Å². The summed E-state index contributed by atoms with van der Waals surface area (Å²) >= 11 is 0. The Kier molecular flexibility index (Phi) is 7.24. The van der Waals surface area contributed by atoms with Gasteiger partial charge in [0.05, 0.1) is 10.9 Å². The number of hydrogen-bond acceptors (Lipinski definition) is 0. The number of hydrogen-bond donors (Lipinski definition) is 0. The molecule has 0 aliphatic heterocycles. The van der Waals surface area contributed by atoms with Crippen molar-refractivity contribution >= 4 is 10.9 Å². The Balaban J connectivity index is 0.000000165. The minimum atomic E-state index is -3.75.